The van der Waals surface area contributed by atoms with Crippen molar-refractivity contribution in [2.45, 2.75) is 18.5 Å². The van der Waals surface area contributed by atoms with Gasteiger partial charge in [0.1, 0.15) is 17.9 Å². The molecule has 5 nitrogen and oxygen atoms in total. The van der Waals surface area contributed by atoms with Crippen molar-refractivity contribution in [3.63, 3.8) is 0 Å². The van der Waals surface area contributed by atoms with Gasteiger partial charge in [-0.2, -0.15) is 10.1 Å². The highest BCUT2D eigenvalue weighted by molar-refractivity contribution is 6.31. The van der Waals surface area contributed by atoms with Gasteiger partial charge in [-0.25, -0.2) is 9.07 Å². The first-order chi connectivity index (χ1) is 12.2. The lowest BCUT2D eigenvalue weighted by molar-refractivity contribution is 0.406. The molecule has 0 radical (unpaired) electrons. The second-order valence-corrected chi connectivity index (χ2v) is 6.30. The number of fused-ring (bicyclic) bond motifs is 1. The Kier molecular flexibility index (Phi) is 4.05. The van der Waals surface area contributed by atoms with Gasteiger partial charge < -0.3 is 10.1 Å². The molecular weight excluding hydrogens is 343 g/mol. The Morgan fingerprint density at radius 2 is 2.12 bits per heavy atom. The minimum Gasteiger partial charge on any atom is -0.497 e. The van der Waals surface area contributed by atoms with E-state index in [9.17, 15) is 4.39 Å². The number of hydrogen-bond acceptors (Lipinski definition) is 4. The van der Waals surface area contributed by atoms with Gasteiger partial charge in [0.2, 0.25) is 5.95 Å². The molecule has 25 heavy (non-hydrogen) atoms. The summed E-state index contributed by atoms with van der Waals surface area (Å²) in [6.07, 6.45) is 2.04. The van der Waals surface area contributed by atoms with E-state index in [-0.39, 0.29) is 17.9 Å². The summed E-state index contributed by atoms with van der Waals surface area (Å²) in [6, 6.07) is 12.1. The number of nitrogens with zero attached hydrogens (tertiary/aromatic N) is 3. The van der Waals surface area contributed by atoms with Gasteiger partial charge in [-0.3, -0.25) is 0 Å². The quantitative estimate of drug-likeness (QED) is 0.761. The number of methoxy groups -OCH3 is 1. The van der Waals surface area contributed by atoms with Gasteiger partial charge in [0, 0.05) is 10.6 Å². The number of nitrogens with one attached hydrogen (secondary N) is 1. The monoisotopic (exact) mass is 358 g/mol. The van der Waals surface area contributed by atoms with E-state index < -0.39 is 0 Å². The number of hydrogen-bond donors (Lipinski definition) is 1. The van der Waals surface area contributed by atoms with Crippen LogP contribution in [0.25, 0.3) is 0 Å². The van der Waals surface area contributed by atoms with Crippen LogP contribution in [0.5, 0.6) is 5.75 Å². The molecule has 2 atom stereocenters. The number of ether oxygens (including phenoxy) is 1. The molecule has 0 saturated heterocycles. The Hall–Kier alpha value is -2.60. The molecule has 0 aliphatic carbocycles. The normalized spacial score (nSPS) is 19.2. The van der Waals surface area contributed by atoms with Gasteiger partial charge in [0.15, 0.2) is 0 Å². The summed E-state index contributed by atoms with van der Waals surface area (Å²) in [7, 11) is 1.63. The van der Waals surface area contributed by atoms with Crippen LogP contribution >= 0.6 is 11.6 Å². The molecular formula is C18H16ClFN4O. The molecule has 0 fully saturated rings. The molecule has 4 rings (SSSR count). The van der Waals surface area contributed by atoms with Crippen LogP contribution in [0.4, 0.5) is 10.3 Å². The average Bonchev–Trinajstić information content (AvgIpc) is 3.10. The van der Waals surface area contributed by atoms with Crippen molar-refractivity contribution in [3.8, 4) is 5.75 Å². The zero-order valence-corrected chi connectivity index (χ0v) is 14.2. The summed E-state index contributed by atoms with van der Waals surface area (Å²) >= 11 is 6.30. The zero-order chi connectivity index (χ0) is 17.4. The third kappa shape index (κ3) is 2.82. The number of halogens is 2. The highest BCUT2D eigenvalue weighted by Crippen LogP contribution is 2.40. The van der Waals surface area contributed by atoms with Gasteiger partial charge in [-0.1, -0.05) is 29.8 Å². The summed E-state index contributed by atoms with van der Waals surface area (Å²) < 4.78 is 21.5. The first kappa shape index (κ1) is 15.9. The molecule has 1 aliphatic heterocycles. The van der Waals surface area contributed by atoms with Crippen molar-refractivity contribution in [2.24, 2.45) is 0 Å². The van der Waals surface area contributed by atoms with E-state index in [2.05, 4.69) is 15.4 Å². The minimum absolute atomic E-state index is 0.0625. The minimum atomic E-state index is -0.344. The summed E-state index contributed by atoms with van der Waals surface area (Å²) in [4.78, 5) is 4.25. The van der Waals surface area contributed by atoms with Gasteiger partial charge in [-0.15, -0.1) is 0 Å². The van der Waals surface area contributed by atoms with E-state index in [0.29, 0.717) is 23.0 Å². The standard InChI is InChI=1S/C18H16ClFN4O/c1-25-12-5-2-4-11(8-12)15-9-16(24-18(23-15)21-10-22-24)17-13(19)6-3-7-14(17)20/h2-8,10,15-16H,9H2,1H3,(H,21,22,23)/t15-,16+/m1/s1. The maximum Gasteiger partial charge on any atom is 0.222 e. The molecule has 0 unspecified atom stereocenters. The summed E-state index contributed by atoms with van der Waals surface area (Å²) in [5.74, 6) is 1.01. The first-order valence-corrected chi connectivity index (χ1v) is 8.29. The molecule has 2 heterocycles. The number of rotatable bonds is 3. The van der Waals surface area contributed by atoms with Crippen molar-refractivity contribution >= 4 is 17.5 Å². The van der Waals surface area contributed by atoms with E-state index in [0.717, 1.165) is 11.3 Å². The van der Waals surface area contributed by atoms with E-state index in [1.165, 1.54) is 12.4 Å². The van der Waals surface area contributed by atoms with Crippen LogP contribution in [0.3, 0.4) is 0 Å². The first-order valence-electron chi connectivity index (χ1n) is 7.91. The Bertz CT molecular complexity index is 893. The highest BCUT2D eigenvalue weighted by Gasteiger charge is 2.32. The van der Waals surface area contributed by atoms with Crippen molar-refractivity contribution in [1.29, 1.82) is 0 Å². The van der Waals surface area contributed by atoms with Crippen molar-refractivity contribution in [2.75, 3.05) is 12.4 Å². The van der Waals surface area contributed by atoms with Crippen LogP contribution in [0, 0.1) is 5.82 Å². The van der Waals surface area contributed by atoms with Crippen LogP contribution in [-0.2, 0) is 0 Å². The third-order valence-electron chi connectivity index (χ3n) is 4.46. The second-order valence-electron chi connectivity index (χ2n) is 5.89. The van der Waals surface area contributed by atoms with Gasteiger partial charge in [-0.05, 0) is 36.2 Å². The zero-order valence-electron chi connectivity index (χ0n) is 13.5. The summed E-state index contributed by atoms with van der Waals surface area (Å²) in [5.41, 5.74) is 1.47. The number of aromatic nitrogens is 3. The van der Waals surface area contributed by atoms with Crippen molar-refractivity contribution < 1.29 is 9.13 Å². The second kappa shape index (κ2) is 6.37. The number of benzene rings is 2. The predicted octanol–water partition coefficient (Wildman–Crippen LogP) is 4.23. The van der Waals surface area contributed by atoms with E-state index in [1.54, 1.807) is 23.9 Å². The highest BCUT2D eigenvalue weighted by atomic mass is 35.5. The molecule has 0 amide bonds. The Labute approximate surface area is 149 Å². The largest absolute Gasteiger partial charge is 0.497 e. The van der Waals surface area contributed by atoms with E-state index in [4.69, 9.17) is 16.3 Å². The summed E-state index contributed by atoms with van der Waals surface area (Å²) in [6.45, 7) is 0. The molecule has 7 heteroatoms. The molecule has 0 bridgehead atoms. The molecule has 1 N–H and O–H groups in total. The maximum absolute atomic E-state index is 14.5. The lowest BCUT2D eigenvalue weighted by atomic mass is 9.93. The predicted molar refractivity (Wildman–Crippen MR) is 93.5 cm³/mol. The summed E-state index contributed by atoms with van der Waals surface area (Å²) in [5, 5.41) is 7.99. The SMILES string of the molecule is COc1cccc([C@H]2C[C@@H](c3c(F)cccc3Cl)n3ncnc3N2)c1. The van der Waals surface area contributed by atoms with Gasteiger partial charge >= 0.3 is 0 Å². The lowest BCUT2D eigenvalue weighted by Gasteiger charge is -2.32. The van der Waals surface area contributed by atoms with Crippen molar-refractivity contribution in [3.05, 3.63) is 70.8 Å². The Morgan fingerprint density at radius 3 is 2.92 bits per heavy atom. The van der Waals surface area contributed by atoms with Crippen LogP contribution in [0.1, 0.15) is 29.6 Å². The van der Waals surface area contributed by atoms with E-state index >= 15 is 0 Å². The molecule has 1 aliphatic rings. The van der Waals surface area contributed by atoms with Crippen molar-refractivity contribution in [1.82, 2.24) is 14.8 Å². The maximum atomic E-state index is 14.5. The molecule has 1 aromatic heterocycles. The van der Waals surface area contributed by atoms with Crippen LogP contribution < -0.4 is 10.1 Å². The van der Waals surface area contributed by atoms with Gasteiger partial charge in [0.05, 0.1) is 19.2 Å². The fraction of sp³-hybridized carbons (Fsp3) is 0.222. The van der Waals surface area contributed by atoms with Gasteiger partial charge in [0.25, 0.3) is 0 Å². The topological polar surface area (TPSA) is 52.0 Å². The van der Waals surface area contributed by atoms with Crippen LogP contribution in [0.2, 0.25) is 5.02 Å². The molecule has 0 spiro atoms. The molecule has 2 aromatic carbocycles. The van der Waals surface area contributed by atoms with Crippen LogP contribution in [0.15, 0.2) is 48.8 Å². The van der Waals surface area contributed by atoms with E-state index in [1.807, 2.05) is 24.3 Å². The fourth-order valence-electron chi connectivity index (χ4n) is 3.27. The molecule has 3 aromatic rings. The van der Waals surface area contributed by atoms with Crippen LogP contribution in [-0.4, -0.2) is 21.9 Å². The smallest absolute Gasteiger partial charge is 0.222 e. The number of anilines is 1. The average molecular weight is 359 g/mol. The molecule has 128 valence electrons. The Balaban J connectivity index is 1.78. The Morgan fingerprint density at radius 1 is 1.28 bits per heavy atom. The fourth-order valence-corrected chi connectivity index (χ4v) is 3.56. The third-order valence-corrected chi connectivity index (χ3v) is 4.79. The molecule has 0 saturated carbocycles. The lowest BCUT2D eigenvalue weighted by Crippen LogP contribution is -2.28.